The van der Waals surface area contributed by atoms with Crippen molar-refractivity contribution in [3.8, 4) is 5.69 Å². The fourth-order valence-electron chi connectivity index (χ4n) is 2.85. The molecule has 0 spiro atoms. The van der Waals surface area contributed by atoms with Crippen LogP contribution in [0.5, 0.6) is 0 Å². The molecular weight excluding hydrogens is 326 g/mol. The molecule has 1 aliphatic heterocycles. The summed E-state index contributed by atoms with van der Waals surface area (Å²) in [6.07, 6.45) is 5.49. The van der Waals surface area contributed by atoms with E-state index in [0.29, 0.717) is 32.6 Å². The first kappa shape index (κ1) is 16.7. The number of hydrogen-bond acceptors (Lipinski definition) is 3. The summed E-state index contributed by atoms with van der Waals surface area (Å²) in [4.78, 5) is 14.1. The number of sulfonamides is 1. The monoisotopic (exact) mass is 347 g/mol. The van der Waals surface area contributed by atoms with Gasteiger partial charge in [-0.15, -0.1) is 0 Å². The van der Waals surface area contributed by atoms with Gasteiger partial charge in [0.2, 0.25) is 15.9 Å². The SMILES string of the molecule is CS(=O)(=O)N1CCN(C(=O)Cc2ccc(-n3cccc3)cc2)CC1. The lowest BCUT2D eigenvalue weighted by atomic mass is 10.1. The van der Waals surface area contributed by atoms with Gasteiger partial charge in [-0.2, -0.15) is 4.31 Å². The average Bonchev–Trinajstić information content (AvgIpc) is 3.09. The molecule has 0 atom stereocenters. The van der Waals surface area contributed by atoms with E-state index in [4.69, 9.17) is 0 Å². The van der Waals surface area contributed by atoms with Crippen molar-refractivity contribution < 1.29 is 13.2 Å². The standard InChI is InChI=1S/C17H21N3O3S/c1-24(22,23)20-12-10-19(11-13-20)17(21)14-15-4-6-16(7-5-15)18-8-2-3-9-18/h2-9H,10-14H2,1H3. The van der Waals surface area contributed by atoms with Crippen LogP contribution in [0, 0.1) is 0 Å². The highest BCUT2D eigenvalue weighted by molar-refractivity contribution is 7.88. The van der Waals surface area contributed by atoms with Gasteiger partial charge in [0.25, 0.3) is 0 Å². The number of rotatable bonds is 4. The van der Waals surface area contributed by atoms with Crippen molar-refractivity contribution in [1.29, 1.82) is 0 Å². The molecule has 0 aliphatic carbocycles. The highest BCUT2D eigenvalue weighted by Gasteiger charge is 2.25. The van der Waals surface area contributed by atoms with Crippen LogP contribution in [0.1, 0.15) is 5.56 Å². The largest absolute Gasteiger partial charge is 0.340 e. The molecule has 1 fully saturated rings. The second kappa shape index (κ2) is 6.78. The van der Waals surface area contributed by atoms with Gasteiger partial charge in [-0.3, -0.25) is 4.79 Å². The van der Waals surface area contributed by atoms with Crippen LogP contribution in [0.3, 0.4) is 0 Å². The van der Waals surface area contributed by atoms with E-state index in [0.717, 1.165) is 11.3 Å². The number of carbonyl (C=O) groups excluding carboxylic acids is 1. The third-order valence-electron chi connectivity index (χ3n) is 4.25. The Labute approximate surface area is 142 Å². The molecule has 0 bridgehead atoms. The molecule has 3 rings (SSSR count). The van der Waals surface area contributed by atoms with Crippen LogP contribution in [0.4, 0.5) is 0 Å². The number of hydrogen-bond donors (Lipinski definition) is 0. The second-order valence-electron chi connectivity index (χ2n) is 5.98. The molecule has 1 aromatic carbocycles. The van der Waals surface area contributed by atoms with Crippen LogP contribution in [0.25, 0.3) is 5.69 Å². The lowest BCUT2D eigenvalue weighted by Gasteiger charge is -2.33. The zero-order chi connectivity index (χ0) is 17.2. The summed E-state index contributed by atoms with van der Waals surface area (Å²) in [6.45, 7) is 1.65. The Morgan fingerprint density at radius 3 is 2.12 bits per heavy atom. The van der Waals surface area contributed by atoms with Crippen LogP contribution < -0.4 is 0 Å². The summed E-state index contributed by atoms with van der Waals surface area (Å²) in [6, 6.07) is 11.8. The number of benzene rings is 1. The Hall–Kier alpha value is -2.12. The maximum atomic E-state index is 12.4. The molecule has 0 unspecified atom stereocenters. The number of piperazine rings is 1. The minimum absolute atomic E-state index is 0.0388. The normalized spacial score (nSPS) is 16.3. The van der Waals surface area contributed by atoms with E-state index < -0.39 is 10.0 Å². The average molecular weight is 347 g/mol. The van der Waals surface area contributed by atoms with Gasteiger partial charge in [0.05, 0.1) is 12.7 Å². The van der Waals surface area contributed by atoms with Crippen LogP contribution in [0.2, 0.25) is 0 Å². The van der Waals surface area contributed by atoms with E-state index in [1.165, 1.54) is 10.6 Å². The van der Waals surface area contributed by atoms with Gasteiger partial charge in [-0.1, -0.05) is 12.1 Å². The van der Waals surface area contributed by atoms with Crippen LogP contribution in [-0.4, -0.2) is 60.5 Å². The van der Waals surface area contributed by atoms with Gasteiger partial charge in [-0.05, 0) is 29.8 Å². The molecule has 2 aromatic rings. The molecule has 128 valence electrons. The van der Waals surface area contributed by atoms with Gasteiger partial charge < -0.3 is 9.47 Å². The van der Waals surface area contributed by atoms with Crippen LogP contribution in [-0.2, 0) is 21.2 Å². The van der Waals surface area contributed by atoms with Crippen LogP contribution in [0.15, 0.2) is 48.8 Å². The highest BCUT2D eigenvalue weighted by Crippen LogP contribution is 2.13. The molecule has 2 heterocycles. The summed E-state index contributed by atoms with van der Waals surface area (Å²) in [5.74, 6) is 0.0388. The summed E-state index contributed by atoms with van der Waals surface area (Å²) in [7, 11) is -3.17. The summed E-state index contributed by atoms with van der Waals surface area (Å²) in [5, 5.41) is 0. The minimum Gasteiger partial charge on any atom is -0.340 e. The van der Waals surface area contributed by atoms with E-state index in [-0.39, 0.29) is 5.91 Å². The summed E-state index contributed by atoms with van der Waals surface area (Å²) >= 11 is 0. The number of carbonyl (C=O) groups is 1. The van der Waals surface area contributed by atoms with E-state index in [9.17, 15) is 13.2 Å². The van der Waals surface area contributed by atoms with E-state index in [1.807, 2.05) is 53.4 Å². The molecular formula is C17H21N3O3S. The number of nitrogens with zero attached hydrogens (tertiary/aromatic N) is 3. The summed E-state index contributed by atoms with van der Waals surface area (Å²) in [5.41, 5.74) is 2.01. The van der Waals surface area contributed by atoms with Crippen molar-refractivity contribution in [3.63, 3.8) is 0 Å². The lowest BCUT2D eigenvalue weighted by Crippen LogP contribution is -2.50. The molecule has 0 N–H and O–H groups in total. The maximum Gasteiger partial charge on any atom is 0.227 e. The van der Waals surface area contributed by atoms with Gasteiger partial charge in [-0.25, -0.2) is 8.42 Å². The maximum absolute atomic E-state index is 12.4. The van der Waals surface area contributed by atoms with Gasteiger partial charge in [0.1, 0.15) is 0 Å². The molecule has 0 saturated carbocycles. The summed E-state index contributed by atoms with van der Waals surface area (Å²) < 4.78 is 26.4. The quantitative estimate of drug-likeness (QED) is 0.833. The van der Waals surface area contributed by atoms with E-state index in [1.54, 1.807) is 4.90 Å². The smallest absolute Gasteiger partial charge is 0.227 e. The first-order valence-electron chi connectivity index (χ1n) is 7.89. The number of aromatic nitrogens is 1. The molecule has 24 heavy (non-hydrogen) atoms. The van der Waals surface area contributed by atoms with E-state index in [2.05, 4.69) is 0 Å². The molecule has 6 nitrogen and oxygen atoms in total. The minimum atomic E-state index is -3.17. The molecule has 1 aromatic heterocycles. The predicted octanol–water partition coefficient (Wildman–Crippen LogP) is 1.12. The Kier molecular flexibility index (Phi) is 4.73. The van der Waals surface area contributed by atoms with Crippen molar-refractivity contribution >= 4 is 15.9 Å². The fourth-order valence-corrected chi connectivity index (χ4v) is 3.67. The zero-order valence-electron chi connectivity index (χ0n) is 13.6. The Morgan fingerprint density at radius 1 is 1.00 bits per heavy atom. The molecule has 0 radical (unpaired) electrons. The Bertz CT molecular complexity index is 790. The topological polar surface area (TPSA) is 62.6 Å². The predicted molar refractivity (Wildman–Crippen MR) is 92.5 cm³/mol. The van der Waals surface area contributed by atoms with Crippen molar-refractivity contribution in [2.45, 2.75) is 6.42 Å². The third-order valence-corrected chi connectivity index (χ3v) is 5.56. The molecule has 1 saturated heterocycles. The Morgan fingerprint density at radius 2 is 1.58 bits per heavy atom. The molecule has 1 amide bonds. The molecule has 1 aliphatic rings. The van der Waals surface area contributed by atoms with Gasteiger partial charge in [0.15, 0.2) is 0 Å². The van der Waals surface area contributed by atoms with Gasteiger partial charge >= 0.3 is 0 Å². The van der Waals surface area contributed by atoms with Crippen molar-refractivity contribution in [2.75, 3.05) is 32.4 Å². The van der Waals surface area contributed by atoms with Gasteiger partial charge in [0, 0.05) is 44.3 Å². The Balaban J connectivity index is 1.58. The van der Waals surface area contributed by atoms with Crippen molar-refractivity contribution in [3.05, 3.63) is 54.4 Å². The third kappa shape index (κ3) is 3.85. The fraction of sp³-hybridized carbons (Fsp3) is 0.353. The lowest BCUT2D eigenvalue weighted by molar-refractivity contribution is -0.131. The van der Waals surface area contributed by atoms with E-state index >= 15 is 0 Å². The van der Waals surface area contributed by atoms with Crippen molar-refractivity contribution in [2.24, 2.45) is 0 Å². The highest BCUT2D eigenvalue weighted by atomic mass is 32.2. The zero-order valence-corrected chi connectivity index (χ0v) is 14.4. The first-order chi connectivity index (χ1) is 11.4. The van der Waals surface area contributed by atoms with Crippen LogP contribution >= 0.6 is 0 Å². The first-order valence-corrected chi connectivity index (χ1v) is 9.73. The second-order valence-corrected chi connectivity index (χ2v) is 7.96. The van der Waals surface area contributed by atoms with Crippen molar-refractivity contribution in [1.82, 2.24) is 13.8 Å². The number of amides is 1. The molecule has 7 heteroatoms.